The van der Waals surface area contributed by atoms with E-state index in [-0.39, 0.29) is 45.1 Å². The van der Waals surface area contributed by atoms with Crippen LogP contribution in [0, 0.1) is 56.7 Å². The van der Waals surface area contributed by atoms with Gasteiger partial charge in [-0.1, -0.05) is 90.4 Å². The average Bonchev–Trinajstić information content (AvgIpc) is 2.98. The van der Waals surface area contributed by atoms with Crippen molar-refractivity contribution in [1.82, 2.24) is 0 Å². The maximum absolute atomic E-state index is 14.5. The van der Waals surface area contributed by atoms with Gasteiger partial charge in [0.2, 0.25) is 0 Å². The van der Waals surface area contributed by atoms with E-state index in [1.807, 2.05) is 30.3 Å². The summed E-state index contributed by atoms with van der Waals surface area (Å²) in [7, 11) is 1.75. The molecule has 0 unspecified atom stereocenters. The zero-order valence-corrected chi connectivity index (χ0v) is 27.9. The Morgan fingerprint density at radius 1 is 1.02 bits per heavy atom. The molecule has 4 fully saturated rings. The van der Waals surface area contributed by atoms with E-state index in [0.717, 1.165) is 44.1 Å². The number of carbonyl (C=O) groups is 1. The lowest BCUT2D eigenvalue weighted by Crippen LogP contribution is -2.69. The lowest BCUT2D eigenvalue weighted by atomic mass is 9.34. The van der Waals surface area contributed by atoms with Crippen LogP contribution in [0.5, 0.6) is 0 Å². The van der Waals surface area contributed by atoms with Crippen molar-refractivity contribution in [1.29, 1.82) is 0 Å². The highest BCUT2D eigenvalue weighted by Crippen LogP contribution is 2.75. The van der Waals surface area contributed by atoms with Gasteiger partial charge in [0.25, 0.3) is 0 Å². The monoisotopic (exact) mass is 592 g/mol. The molecule has 0 radical (unpaired) electrons. The molecule has 1 aromatic carbocycles. The maximum Gasteiger partial charge on any atom is 0.310 e. The minimum Gasteiger partial charge on any atom is -0.461 e. The van der Waals surface area contributed by atoms with Crippen LogP contribution in [0.1, 0.15) is 92.6 Å². The Hall–Kier alpha value is -1.69. The molecule has 43 heavy (non-hydrogen) atoms. The van der Waals surface area contributed by atoms with Crippen LogP contribution in [0.4, 0.5) is 0 Å². The van der Waals surface area contributed by atoms with E-state index in [2.05, 4.69) is 54.5 Å². The van der Waals surface area contributed by atoms with Crippen molar-refractivity contribution in [2.24, 2.45) is 56.7 Å². The molecule has 5 nitrogen and oxygen atoms in total. The predicted molar refractivity (Wildman–Crippen MR) is 169 cm³/mol. The van der Waals surface area contributed by atoms with Crippen molar-refractivity contribution in [3.63, 3.8) is 0 Å². The Bertz CT molecular complexity index is 1240. The topological polar surface area (TPSA) is 65.0 Å². The minimum atomic E-state index is -0.519. The number of aliphatic hydroxyl groups excluding tert-OH is 1. The Balaban J connectivity index is 1.42. The maximum atomic E-state index is 14.5. The number of hydrogen-bond donors (Lipinski definition) is 1. The average molecular weight is 593 g/mol. The molecule has 3 saturated carbocycles. The van der Waals surface area contributed by atoms with Gasteiger partial charge in [-0.3, -0.25) is 4.79 Å². The molecule has 5 aliphatic rings. The second-order valence-electron chi connectivity index (χ2n) is 16.5. The van der Waals surface area contributed by atoms with Crippen molar-refractivity contribution in [2.75, 3.05) is 20.3 Å². The van der Waals surface area contributed by atoms with Crippen molar-refractivity contribution in [3.05, 3.63) is 47.5 Å². The zero-order valence-electron chi connectivity index (χ0n) is 27.9. The normalized spacial score (nSPS) is 46.2. The molecule has 1 saturated heterocycles. The fraction of sp³-hybridized carbons (Fsp3) is 0.763. The number of methoxy groups -OCH3 is 1. The quantitative estimate of drug-likeness (QED) is 0.272. The number of benzene rings is 1. The molecule has 1 aromatic rings. The third-order valence-electron chi connectivity index (χ3n) is 14.6. The predicted octanol–water partition coefficient (Wildman–Crippen LogP) is 7.61. The summed E-state index contributed by atoms with van der Waals surface area (Å²) >= 11 is 0. The van der Waals surface area contributed by atoms with E-state index in [1.165, 1.54) is 0 Å². The van der Waals surface area contributed by atoms with Gasteiger partial charge in [-0.2, -0.15) is 0 Å². The Kier molecular flexibility index (Phi) is 7.79. The molecule has 6 rings (SSSR count). The van der Waals surface area contributed by atoms with Crippen LogP contribution in [0.3, 0.4) is 0 Å². The minimum absolute atomic E-state index is 0.0233. The van der Waals surface area contributed by atoms with Gasteiger partial charge < -0.3 is 19.3 Å². The van der Waals surface area contributed by atoms with Crippen LogP contribution < -0.4 is 0 Å². The van der Waals surface area contributed by atoms with Crippen molar-refractivity contribution >= 4 is 5.97 Å². The molecule has 5 heteroatoms. The molecule has 11 atom stereocenters. The third kappa shape index (κ3) is 4.30. The fourth-order valence-electron chi connectivity index (χ4n) is 11.6. The SMILES string of the molecule is CO[C@@H]1C[C@@]23COC[C@@](C)([C@@H]2CC[C@H]2C3=CC[C@@]3(C)[C@H](C(=O)OCc4ccccc4)[C@@](C)([C@H](C)C(C)C)CC[C@]23C)[C@H]1O. The standard InChI is InChI=1S/C38H56O5/c1-24(2)25(3)34(4)18-19-36(6)27-14-15-30-35(5)22-42-23-38(30,20-29(41-8)32(35)39)28(27)16-17-37(36,7)31(34)33(40)43-21-26-12-10-9-11-13-26/h9-13,16,24-25,27,29-32,39H,14-15,17-23H2,1-8H3/t25-,27+,29-,30+,31-,32+,34-,35+,36-,37+,38+/m1/s1. The number of hydrogen-bond acceptors (Lipinski definition) is 5. The summed E-state index contributed by atoms with van der Waals surface area (Å²) in [6, 6.07) is 10.1. The molecular formula is C38H56O5. The second-order valence-corrected chi connectivity index (χ2v) is 16.5. The van der Waals surface area contributed by atoms with Gasteiger partial charge in [-0.25, -0.2) is 0 Å². The largest absolute Gasteiger partial charge is 0.461 e. The Labute approximate surface area is 260 Å². The Morgan fingerprint density at radius 2 is 1.74 bits per heavy atom. The van der Waals surface area contributed by atoms with Crippen LogP contribution >= 0.6 is 0 Å². The molecule has 0 spiro atoms. The zero-order chi connectivity index (χ0) is 31.0. The van der Waals surface area contributed by atoms with E-state index < -0.39 is 6.10 Å². The fourth-order valence-corrected chi connectivity index (χ4v) is 11.6. The van der Waals surface area contributed by atoms with Crippen molar-refractivity contribution in [2.45, 2.75) is 106 Å². The lowest BCUT2D eigenvalue weighted by molar-refractivity contribution is -0.257. The third-order valence-corrected chi connectivity index (χ3v) is 14.6. The Morgan fingerprint density at radius 3 is 2.42 bits per heavy atom. The summed E-state index contributed by atoms with van der Waals surface area (Å²) in [4.78, 5) is 14.5. The number of allylic oxidation sites excluding steroid dienone is 1. The summed E-state index contributed by atoms with van der Waals surface area (Å²) in [5, 5.41) is 11.5. The summed E-state index contributed by atoms with van der Waals surface area (Å²) in [5.41, 5.74) is 1.72. The summed E-state index contributed by atoms with van der Waals surface area (Å²) < 4.78 is 18.6. The first kappa shape index (κ1) is 31.3. The highest BCUT2D eigenvalue weighted by Gasteiger charge is 2.71. The number of ether oxygens (including phenoxy) is 3. The molecular weight excluding hydrogens is 536 g/mol. The van der Waals surface area contributed by atoms with E-state index in [0.29, 0.717) is 43.5 Å². The first-order chi connectivity index (χ1) is 20.3. The van der Waals surface area contributed by atoms with Crippen LogP contribution in [-0.2, 0) is 25.6 Å². The summed E-state index contributed by atoms with van der Waals surface area (Å²) in [6.07, 6.45) is 7.84. The summed E-state index contributed by atoms with van der Waals surface area (Å²) in [5.74, 6) is 1.41. The van der Waals surface area contributed by atoms with Crippen LogP contribution in [0.15, 0.2) is 42.0 Å². The number of fused-ring (bicyclic) bond motifs is 3. The van der Waals surface area contributed by atoms with E-state index >= 15 is 0 Å². The highest BCUT2D eigenvalue weighted by molar-refractivity contribution is 5.75. The lowest BCUT2D eigenvalue weighted by Gasteiger charge is -2.71. The summed E-state index contributed by atoms with van der Waals surface area (Å²) in [6.45, 7) is 18.1. The first-order valence-corrected chi connectivity index (χ1v) is 17.0. The highest BCUT2D eigenvalue weighted by atomic mass is 16.5. The van der Waals surface area contributed by atoms with Gasteiger partial charge in [0.05, 0.1) is 31.3 Å². The van der Waals surface area contributed by atoms with Crippen molar-refractivity contribution < 1.29 is 24.1 Å². The number of rotatable bonds is 6. The molecule has 1 N–H and O–H groups in total. The molecule has 1 heterocycles. The molecule has 0 aromatic heterocycles. The van der Waals surface area contributed by atoms with Crippen molar-refractivity contribution in [3.8, 4) is 0 Å². The first-order valence-electron chi connectivity index (χ1n) is 17.0. The van der Waals surface area contributed by atoms with Crippen LogP contribution in [0.25, 0.3) is 0 Å². The van der Waals surface area contributed by atoms with Gasteiger partial charge >= 0.3 is 5.97 Å². The van der Waals surface area contributed by atoms with Crippen LogP contribution in [-0.4, -0.2) is 43.6 Å². The molecule has 2 bridgehead atoms. The number of aliphatic hydroxyl groups is 1. The molecule has 238 valence electrons. The van der Waals surface area contributed by atoms with E-state index in [1.54, 1.807) is 12.7 Å². The van der Waals surface area contributed by atoms with Gasteiger partial charge in [0, 0.05) is 17.9 Å². The number of carbonyl (C=O) groups excluding carboxylic acids is 1. The smallest absolute Gasteiger partial charge is 0.310 e. The molecule has 4 aliphatic carbocycles. The molecule has 0 amide bonds. The van der Waals surface area contributed by atoms with Gasteiger partial charge in [0.15, 0.2) is 0 Å². The number of esters is 1. The molecule has 1 aliphatic heterocycles. The van der Waals surface area contributed by atoms with Gasteiger partial charge in [0.1, 0.15) is 6.61 Å². The second kappa shape index (κ2) is 10.7. The van der Waals surface area contributed by atoms with E-state index in [4.69, 9.17) is 14.2 Å². The van der Waals surface area contributed by atoms with Gasteiger partial charge in [-0.15, -0.1) is 0 Å². The van der Waals surface area contributed by atoms with E-state index in [9.17, 15) is 9.90 Å². The van der Waals surface area contributed by atoms with Crippen LogP contribution in [0.2, 0.25) is 0 Å². The van der Waals surface area contributed by atoms with Gasteiger partial charge in [-0.05, 0) is 84.0 Å².